The van der Waals surface area contributed by atoms with Crippen LogP contribution in [0.1, 0.15) is 187 Å². The van der Waals surface area contributed by atoms with Crippen LogP contribution in [0.5, 0.6) is 0 Å². The van der Waals surface area contributed by atoms with Gasteiger partial charge in [0.25, 0.3) is 0 Å². The van der Waals surface area contributed by atoms with Gasteiger partial charge in [0.15, 0.2) is 6.10 Å². The van der Waals surface area contributed by atoms with Crippen LogP contribution in [-0.2, 0) is 14.3 Å². The minimum atomic E-state index is -1.01. The quantitative estimate of drug-likeness (QED) is 0.0482. The maximum absolute atomic E-state index is 12.2. The monoisotopic (exact) mass is 589 g/mol. The molecule has 0 aliphatic carbocycles. The van der Waals surface area contributed by atoms with Crippen LogP contribution in [0.15, 0.2) is 36.5 Å². The van der Waals surface area contributed by atoms with E-state index in [0.29, 0.717) is 12.8 Å². The number of hydrogen-bond acceptors (Lipinski definition) is 3. The Morgan fingerprint density at radius 3 is 1.48 bits per heavy atom. The van der Waals surface area contributed by atoms with E-state index in [4.69, 9.17) is 4.74 Å². The highest BCUT2D eigenvalue weighted by Gasteiger charge is 2.21. The molecule has 0 aromatic heterocycles. The number of aliphatic carboxylic acids is 1. The van der Waals surface area contributed by atoms with Gasteiger partial charge in [0.05, 0.1) is 0 Å². The van der Waals surface area contributed by atoms with E-state index in [0.717, 1.165) is 57.8 Å². The van der Waals surface area contributed by atoms with Crippen molar-refractivity contribution in [3.8, 4) is 0 Å². The molecule has 0 aromatic rings. The van der Waals surface area contributed by atoms with Crippen molar-refractivity contribution < 1.29 is 19.4 Å². The summed E-state index contributed by atoms with van der Waals surface area (Å²) in [5, 5.41) is 9.45. The van der Waals surface area contributed by atoms with Gasteiger partial charge in [-0.3, -0.25) is 4.79 Å². The second-order valence-corrected chi connectivity index (χ2v) is 12.0. The Hall–Kier alpha value is -1.84. The Labute approximate surface area is 260 Å². The van der Waals surface area contributed by atoms with Gasteiger partial charge in [0, 0.05) is 6.42 Å². The van der Waals surface area contributed by atoms with Gasteiger partial charge < -0.3 is 9.84 Å². The minimum Gasteiger partial charge on any atom is -0.479 e. The topological polar surface area (TPSA) is 63.6 Å². The summed E-state index contributed by atoms with van der Waals surface area (Å²) < 4.78 is 5.30. The molecule has 0 rings (SSSR count). The first kappa shape index (κ1) is 40.2. The third-order valence-electron chi connectivity index (χ3n) is 7.90. The van der Waals surface area contributed by atoms with Crippen LogP contribution in [0.2, 0.25) is 0 Å². The molecule has 244 valence electrons. The lowest BCUT2D eigenvalue weighted by Crippen LogP contribution is -2.27. The van der Waals surface area contributed by atoms with Crippen LogP contribution in [-0.4, -0.2) is 23.1 Å². The Balaban J connectivity index is 3.56. The zero-order valence-electron chi connectivity index (χ0n) is 27.8. The highest BCUT2D eigenvalue weighted by molar-refractivity contribution is 5.77. The zero-order chi connectivity index (χ0) is 30.8. The lowest BCUT2D eigenvalue weighted by atomic mass is 10.0. The molecule has 4 heteroatoms. The maximum atomic E-state index is 12.2. The third-order valence-corrected chi connectivity index (χ3v) is 7.90. The van der Waals surface area contributed by atoms with E-state index in [2.05, 4.69) is 50.3 Å². The molecule has 0 bridgehead atoms. The van der Waals surface area contributed by atoms with Crippen LogP contribution < -0.4 is 0 Å². The molecule has 1 unspecified atom stereocenters. The van der Waals surface area contributed by atoms with Crippen molar-refractivity contribution in [2.45, 2.75) is 193 Å². The molecule has 0 heterocycles. The molecule has 0 amide bonds. The normalized spacial score (nSPS) is 12.6. The molecular weight excluding hydrogens is 520 g/mol. The summed E-state index contributed by atoms with van der Waals surface area (Å²) in [6.07, 6.45) is 43.2. The summed E-state index contributed by atoms with van der Waals surface area (Å²) in [5.74, 6) is -1.36. The fourth-order valence-corrected chi connectivity index (χ4v) is 5.22. The molecule has 0 saturated carbocycles. The Morgan fingerprint density at radius 1 is 0.548 bits per heavy atom. The number of hydrogen-bond donors (Lipinski definition) is 1. The molecular formula is C38H68O4. The summed E-state index contributed by atoms with van der Waals surface area (Å²) in [4.78, 5) is 23.7. The number of ether oxygens (including phenoxy) is 1. The number of rotatable bonds is 32. The molecule has 0 saturated heterocycles. The second-order valence-electron chi connectivity index (χ2n) is 12.0. The van der Waals surface area contributed by atoms with Gasteiger partial charge in [-0.05, 0) is 51.4 Å². The summed E-state index contributed by atoms with van der Waals surface area (Å²) in [6.45, 7) is 4.41. The summed E-state index contributed by atoms with van der Waals surface area (Å²) in [5.41, 5.74) is 0. The third kappa shape index (κ3) is 31.1. The van der Waals surface area contributed by atoms with Crippen LogP contribution in [0.3, 0.4) is 0 Å². The largest absolute Gasteiger partial charge is 0.479 e. The second kappa shape index (κ2) is 33.7. The molecule has 0 spiro atoms. The van der Waals surface area contributed by atoms with Crippen LogP contribution >= 0.6 is 0 Å². The molecule has 0 aromatic carbocycles. The van der Waals surface area contributed by atoms with E-state index in [1.54, 1.807) is 0 Å². The van der Waals surface area contributed by atoms with E-state index >= 15 is 0 Å². The molecule has 4 nitrogen and oxygen atoms in total. The molecule has 0 aliphatic heterocycles. The van der Waals surface area contributed by atoms with Crippen LogP contribution in [0.25, 0.3) is 0 Å². The van der Waals surface area contributed by atoms with Gasteiger partial charge in [-0.25, -0.2) is 4.79 Å². The van der Waals surface area contributed by atoms with Crippen LogP contribution in [0, 0.1) is 0 Å². The summed E-state index contributed by atoms with van der Waals surface area (Å²) >= 11 is 0. The predicted molar refractivity (Wildman–Crippen MR) is 181 cm³/mol. The Morgan fingerprint density at radius 2 is 0.976 bits per heavy atom. The van der Waals surface area contributed by atoms with E-state index in [9.17, 15) is 14.7 Å². The Bertz CT molecular complexity index is 679. The average molecular weight is 589 g/mol. The standard InChI is InChI=1S/C38H68O4/c1-3-5-7-9-11-13-15-17-18-19-20-21-22-23-25-27-29-31-33-35-37(39)42-36(38(40)41)34-32-30-28-26-24-16-14-12-10-8-6-4-2/h5,7,11,13,17-18,36H,3-4,6,8-10,12,14-16,19-35H2,1-2H3,(H,40,41)/b7-5-,13-11-,18-17-. The van der Waals surface area contributed by atoms with Crippen molar-refractivity contribution >= 4 is 11.9 Å². The van der Waals surface area contributed by atoms with Crippen molar-refractivity contribution in [3.05, 3.63) is 36.5 Å². The van der Waals surface area contributed by atoms with E-state index in [1.165, 1.54) is 103 Å². The van der Waals surface area contributed by atoms with Gasteiger partial charge >= 0.3 is 11.9 Å². The maximum Gasteiger partial charge on any atom is 0.345 e. The first-order valence-electron chi connectivity index (χ1n) is 18.0. The fourth-order valence-electron chi connectivity index (χ4n) is 5.22. The lowest BCUT2D eigenvalue weighted by Gasteiger charge is -2.13. The van der Waals surface area contributed by atoms with E-state index in [-0.39, 0.29) is 5.97 Å². The zero-order valence-corrected chi connectivity index (χ0v) is 27.8. The Kier molecular flexibility index (Phi) is 32.2. The van der Waals surface area contributed by atoms with E-state index in [1.807, 2.05) is 0 Å². The molecule has 1 atom stereocenters. The smallest absolute Gasteiger partial charge is 0.345 e. The number of unbranched alkanes of at least 4 members (excludes halogenated alkanes) is 20. The number of esters is 1. The van der Waals surface area contributed by atoms with Gasteiger partial charge in [-0.1, -0.05) is 166 Å². The van der Waals surface area contributed by atoms with Gasteiger partial charge in [0.2, 0.25) is 0 Å². The van der Waals surface area contributed by atoms with Gasteiger partial charge in [-0.2, -0.15) is 0 Å². The summed E-state index contributed by atoms with van der Waals surface area (Å²) in [7, 11) is 0. The fraction of sp³-hybridized carbons (Fsp3) is 0.789. The molecule has 0 radical (unpaired) electrons. The molecule has 42 heavy (non-hydrogen) atoms. The van der Waals surface area contributed by atoms with Crippen molar-refractivity contribution in [2.75, 3.05) is 0 Å². The van der Waals surface area contributed by atoms with Gasteiger partial charge in [-0.15, -0.1) is 0 Å². The van der Waals surface area contributed by atoms with Crippen molar-refractivity contribution in [2.24, 2.45) is 0 Å². The number of carboxylic acid groups (broad SMARTS) is 1. The number of carbonyl (C=O) groups is 2. The van der Waals surface area contributed by atoms with Crippen molar-refractivity contribution in [1.82, 2.24) is 0 Å². The highest BCUT2D eigenvalue weighted by Crippen LogP contribution is 2.16. The van der Waals surface area contributed by atoms with Crippen molar-refractivity contribution in [3.63, 3.8) is 0 Å². The first-order valence-corrected chi connectivity index (χ1v) is 18.0. The SMILES string of the molecule is CC/C=C\C/C=C\C/C=C\CCCCCCCCCCCC(=O)OC(CCCCCCCCCCCCCC)C(=O)O. The van der Waals surface area contributed by atoms with E-state index < -0.39 is 12.1 Å². The van der Waals surface area contributed by atoms with Crippen molar-refractivity contribution in [1.29, 1.82) is 0 Å². The number of allylic oxidation sites excluding steroid dienone is 6. The first-order chi connectivity index (χ1) is 20.6. The number of carboxylic acids is 1. The molecule has 0 aliphatic rings. The molecule has 1 N–H and O–H groups in total. The van der Waals surface area contributed by atoms with Crippen LogP contribution in [0.4, 0.5) is 0 Å². The molecule has 0 fully saturated rings. The van der Waals surface area contributed by atoms with Gasteiger partial charge in [0.1, 0.15) is 0 Å². The highest BCUT2D eigenvalue weighted by atomic mass is 16.6. The average Bonchev–Trinajstić information content (AvgIpc) is 2.98. The minimum absolute atomic E-state index is 0.335. The predicted octanol–water partition coefficient (Wildman–Crippen LogP) is 12.2. The lowest BCUT2D eigenvalue weighted by molar-refractivity contribution is -0.164. The number of carbonyl (C=O) groups excluding carboxylic acids is 1. The summed E-state index contributed by atoms with van der Waals surface area (Å²) in [6, 6.07) is 0.